The second-order valence-corrected chi connectivity index (χ2v) is 2.25. The van der Waals surface area contributed by atoms with E-state index in [1.54, 1.807) is 0 Å². The molecule has 1 unspecified atom stereocenters. The van der Waals surface area contributed by atoms with Crippen molar-refractivity contribution in [2.45, 2.75) is 39.5 Å². The van der Waals surface area contributed by atoms with Crippen molar-refractivity contribution < 1.29 is 0 Å². The molecule has 0 aliphatic carbocycles. The van der Waals surface area contributed by atoms with Gasteiger partial charge in [-0.2, -0.15) is 0 Å². The topological polar surface area (TPSA) is 0 Å². The van der Waals surface area contributed by atoms with Crippen LogP contribution in [0.15, 0.2) is 0 Å². The Kier molecular flexibility index (Phi) is 5.14. The molecule has 0 saturated carbocycles. The quantitative estimate of drug-likeness (QED) is 0.523. The Bertz CT molecular complexity index is 39.3. The van der Waals surface area contributed by atoms with Crippen molar-refractivity contribution in [2.75, 3.05) is 0 Å². The van der Waals surface area contributed by atoms with Crippen molar-refractivity contribution in [3.05, 3.63) is 6.92 Å². The molecule has 0 aliphatic heterocycles. The highest BCUT2D eigenvalue weighted by molar-refractivity contribution is 4.57. The molecular weight excluding hydrogens is 96.1 g/mol. The van der Waals surface area contributed by atoms with Gasteiger partial charge in [0.2, 0.25) is 0 Å². The molecule has 8 heavy (non-hydrogen) atoms. The van der Waals surface area contributed by atoms with Crippen LogP contribution in [0.3, 0.4) is 0 Å². The monoisotopic (exact) mass is 111 g/mol. The van der Waals surface area contributed by atoms with Crippen LogP contribution in [0.5, 0.6) is 0 Å². The fraction of sp³-hybridized carbons (Fsp3) is 0.875. The molecule has 1 atom stereocenters. The molecular formula is C8H15. The molecule has 0 rings (SSSR count). The normalized spacial score (nSPS) is 13.9. The summed E-state index contributed by atoms with van der Waals surface area (Å²) >= 11 is 0. The van der Waals surface area contributed by atoms with Gasteiger partial charge in [-0.3, -0.25) is 0 Å². The average Bonchev–Trinajstić information content (AvgIpc) is 1.83. The first kappa shape index (κ1) is 8.00. The van der Waals surface area contributed by atoms with Gasteiger partial charge >= 0.3 is 0 Å². The van der Waals surface area contributed by atoms with E-state index in [2.05, 4.69) is 13.8 Å². The van der Waals surface area contributed by atoms with Crippen molar-refractivity contribution in [2.24, 2.45) is 5.92 Å². The molecule has 47 valence electrons. The fourth-order valence-electron chi connectivity index (χ4n) is 0.655. The molecule has 0 aromatic heterocycles. The predicted octanol–water partition coefficient (Wildman–Crippen LogP) is 2.79. The molecule has 0 heteroatoms. The first-order chi connectivity index (χ1) is 3.81. The van der Waals surface area contributed by atoms with E-state index in [4.69, 9.17) is 6.92 Å². The van der Waals surface area contributed by atoms with Gasteiger partial charge in [0, 0.05) is 0 Å². The Hall–Kier alpha value is 0. The lowest BCUT2D eigenvalue weighted by Gasteiger charge is -2.03. The van der Waals surface area contributed by atoms with E-state index < -0.39 is 0 Å². The lowest BCUT2D eigenvalue weighted by Crippen LogP contribution is -1.90. The summed E-state index contributed by atoms with van der Waals surface area (Å²) in [7, 11) is 0. The Morgan fingerprint density at radius 2 is 2.00 bits per heavy atom. The Balaban J connectivity index is 2.86. The van der Waals surface area contributed by atoms with Gasteiger partial charge in [0.15, 0.2) is 0 Å². The van der Waals surface area contributed by atoms with Gasteiger partial charge in [0.1, 0.15) is 0 Å². The molecule has 0 aromatic carbocycles. The van der Waals surface area contributed by atoms with Gasteiger partial charge in [0.05, 0.1) is 0 Å². The number of hydrogen-bond donors (Lipinski definition) is 0. The third-order valence-corrected chi connectivity index (χ3v) is 1.40. The standard InChI is InChI=1S/C8H15/c1-4-6-7-8(3)5-2/h8H,4-7H2,1-2H3. The maximum Gasteiger partial charge on any atom is -0.00569 e. The number of unbranched alkanes of at least 4 members (excludes halogenated alkanes) is 1. The van der Waals surface area contributed by atoms with Crippen LogP contribution in [-0.2, 0) is 0 Å². The summed E-state index contributed by atoms with van der Waals surface area (Å²) < 4.78 is 0. The summed E-state index contributed by atoms with van der Waals surface area (Å²) in [5, 5.41) is 0. The van der Waals surface area contributed by atoms with E-state index >= 15 is 0 Å². The maximum atomic E-state index is 7.32. The summed E-state index contributed by atoms with van der Waals surface area (Å²) in [5.41, 5.74) is 0. The van der Waals surface area contributed by atoms with Crippen LogP contribution in [0.4, 0.5) is 0 Å². The van der Waals surface area contributed by atoms with Crippen molar-refractivity contribution in [1.29, 1.82) is 0 Å². The summed E-state index contributed by atoms with van der Waals surface area (Å²) in [6.45, 7) is 11.6. The van der Waals surface area contributed by atoms with Crippen LogP contribution in [0.1, 0.15) is 39.5 Å². The minimum atomic E-state index is 0.204. The highest BCUT2D eigenvalue weighted by Gasteiger charge is 1.95. The lowest BCUT2D eigenvalue weighted by atomic mass is 10.0. The average molecular weight is 111 g/mol. The largest absolute Gasteiger partial charge is 0.0654 e. The smallest absolute Gasteiger partial charge is 0.00569 e. The maximum absolute atomic E-state index is 7.32. The molecule has 0 fully saturated rings. The number of hydrogen-bond acceptors (Lipinski definition) is 0. The third-order valence-electron chi connectivity index (χ3n) is 1.40. The summed E-state index contributed by atoms with van der Waals surface area (Å²) in [4.78, 5) is 0. The van der Waals surface area contributed by atoms with E-state index in [0.29, 0.717) is 0 Å². The van der Waals surface area contributed by atoms with Crippen LogP contribution in [-0.4, -0.2) is 0 Å². The van der Waals surface area contributed by atoms with Crippen molar-refractivity contribution in [3.63, 3.8) is 0 Å². The molecule has 0 heterocycles. The summed E-state index contributed by atoms with van der Waals surface area (Å²) in [6.07, 6.45) is 4.56. The fourth-order valence-corrected chi connectivity index (χ4v) is 0.655. The molecule has 0 saturated heterocycles. The summed E-state index contributed by atoms with van der Waals surface area (Å²) in [6, 6.07) is 0. The zero-order chi connectivity index (χ0) is 6.41. The van der Waals surface area contributed by atoms with Crippen molar-refractivity contribution in [3.8, 4) is 0 Å². The second kappa shape index (κ2) is 5.14. The van der Waals surface area contributed by atoms with E-state index in [1.807, 2.05) is 0 Å². The molecule has 0 bridgehead atoms. The molecule has 0 aromatic rings. The van der Waals surface area contributed by atoms with Crippen LogP contribution in [0.25, 0.3) is 0 Å². The van der Waals surface area contributed by atoms with Crippen LogP contribution in [0.2, 0.25) is 0 Å². The molecule has 0 spiro atoms. The lowest BCUT2D eigenvalue weighted by molar-refractivity contribution is 0.537. The zero-order valence-electron chi connectivity index (χ0n) is 5.91. The highest BCUT2D eigenvalue weighted by Crippen LogP contribution is 2.09. The Morgan fingerprint density at radius 3 is 2.38 bits per heavy atom. The van der Waals surface area contributed by atoms with Crippen molar-refractivity contribution >= 4 is 0 Å². The van der Waals surface area contributed by atoms with E-state index in [-0.39, 0.29) is 5.92 Å². The molecule has 0 nitrogen and oxygen atoms in total. The molecule has 0 aliphatic rings. The van der Waals surface area contributed by atoms with E-state index in [1.165, 1.54) is 12.8 Å². The van der Waals surface area contributed by atoms with E-state index in [9.17, 15) is 0 Å². The SMILES string of the molecule is [C]C(CC)CCCC. The zero-order valence-corrected chi connectivity index (χ0v) is 5.91. The van der Waals surface area contributed by atoms with Gasteiger partial charge in [-0.05, 0) is 19.3 Å². The van der Waals surface area contributed by atoms with Gasteiger partial charge in [0.25, 0.3) is 0 Å². The molecule has 0 amide bonds. The van der Waals surface area contributed by atoms with Gasteiger partial charge in [-0.1, -0.05) is 33.1 Å². The molecule has 3 radical (unpaired) electrons. The van der Waals surface area contributed by atoms with Gasteiger partial charge < -0.3 is 0 Å². The van der Waals surface area contributed by atoms with Crippen LogP contribution < -0.4 is 0 Å². The minimum absolute atomic E-state index is 0.204. The minimum Gasteiger partial charge on any atom is -0.0654 e. The van der Waals surface area contributed by atoms with Crippen molar-refractivity contribution in [1.82, 2.24) is 0 Å². The summed E-state index contributed by atoms with van der Waals surface area (Å²) in [5.74, 6) is 0.204. The van der Waals surface area contributed by atoms with Gasteiger partial charge in [-0.25, -0.2) is 0 Å². The third kappa shape index (κ3) is 4.17. The van der Waals surface area contributed by atoms with Gasteiger partial charge in [-0.15, -0.1) is 0 Å². The van der Waals surface area contributed by atoms with Crippen LogP contribution in [0, 0.1) is 12.8 Å². The van der Waals surface area contributed by atoms with Crippen LogP contribution >= 0.6 is 0 Å². The highest BCUT2D eigenvalue weighted by atomic mass is 14.0. The first-order valence-electron chi connectivity index (χ1n) is 3.52. The number of rotatable bonds is 4. The van der Waals surface area contributed by atoms with E-state index in [0.717, 1.165) is 12.8 Å². The predicted molar refractivity (Wildman–Crippen MR) is 36.5 cm³/mol. The Labute approximate surface area is 53.3 Å². The second-order valence-electron chi connectivity index (χ2n) is 2.25. The Morgan fingerprint density at radius 1 is 1.38 bits per heavy atom. The molecule has 0 N–H and O–H groups in total. The first-order valence-corrected chi connectivity index (χ1v) is 3.52.